The lowest BCUT2D eigenvalue weighted by atomic mass is 9.85. The molecule has 0 spiro atoms. The number of nitrogens with one attached hydrogen (secondary N) is 1. The van der Waals surface area contributed by atoms with Crippen LogP contribution >= 0.6 is 0 Å². The van der Waals surface area contributed by atoms with Gasteiger partial charge in [-0.2, -0.15) is 0 Å². The van der Waals surface area contributed by atoms with Crippen molar-refractivity contribution in [3.8, 4) is 0 Å². The van der Waals surface area contributed by atoms with Crippen molar-refractivity contribution in [1.82, 2.24) is 10.2 Å². The largest absolute Gasteiger partial charge is 0.370 e. The van der Waals surface area contributed by atoms with Crippen LogP contribution in [0.2, 0.25) is 0 Å². The van der Waals surface area contributed by atoms with Crippen LogP contribution in [0.5, 0.6) is 0 Å². The van der Waals surface area contributed by atoms with Crippen LogP contribution in [0.4, 0.5) is 0 Å². The summed E-state index contributed by atoms with van der Waals surface area (Å²) in [5.74, 6) is 0.589. The number of carbonyl (C=O) groups is 2. The number of imide groups is 1. The van der Waals surface area contributed by atoms with Crippen molar-refractivity contribution < 1.29 is 9.59 Å². The van der Waals surface area contributed by atoms with E-state index in [2.05, 4.69) is 22.5 Å². The highest BCUT2D eigenvalue weighted by Crippen LogP contribution is 2.52. The number of carbonyl (C=O) groups excluding carboxylic acids is 2. The summed E-state index contributed by atoms with van der Waals surface area (Å²) in [5.41, 5.74) is 5.72. The van der Waals surface area contributed by atoms with E-state index in [-0.39, 0.29) is 41.5 Å². The van der Waals surface area contributed by atoms with Crippen molar-refractivity contribution in [2.75, 3.05) is 13.1 Å². The Balaban J connectivity index is 1.61. The molecule has 2 bridgehead atoms. The first-order chi connectivity index (χ1) is 9.99. The normalized spacial score (nSPS) is 34.2. The summed E-state index contributed by atoms with van der Waals surface area (Å²) in [7, 11) is 0. The molecule has 3 aliphatic rings. The van der Waals surface area contributed by atoms with Gasteiger partial charge in [-0.3, -0.25) is 19.5 Å². The molecule has 3 rings (SSSR count). The van der Waals surface area contributed by atoms with Gasteiger partial charge in [0.15, 0.2) is 5.96 Å². The van der Waals surface area contributed by atoms with E-state index in [1.165, 1.54) is 4.90 Å². The quantitative estimate of drug-likeness (QED) is 0.333. The second-order valence-corrected chi connectivity index (χ2v) is 6.39. The van der Waals surface area contributed by atoms with Crippen molar-refractivity contribution in [3.63, 3.8) is 0 Å². The fourth-order valence-corrected chi connectivity index (χ4v) is 3.80. The lowest BCUT2D eigenvalue weighted by Crippen LogP contribution is -2.38. The molecule has 4 atom stereocenters. The fourth-order valence-electron chi connectivity index (χ4n) is 3.80. The van der Waals surface area contributed by atoms with Crippen molar-refractivity contribution in [3.05, 3.63) is 12.2 Å². The number of rotatable bonds is 4. The summed E-state index contributed by atoms with van der Waals surface area (Å²) in [4.78, 5) is 30.4. The Morgan fingerprint density at radius 3 is 2.43 bits per heavy atom. The van der Waals surface area contributed by atoms with Gasteiger partial charge in [-0.1, -0.05) is 12.2 Å². The summed E-state index contributed by atoms with van der Waals surface area (Å²) in [6.07, 6.45) is 5.16. The van der Waals surface area contributed by atoms with Crippen LogP contribution in [0, 0.1) is 23.7 Å². The van der Waals surface area contributed by atoms with Crippen LogP contribution in [0.25, 0.3) is 0 Å². The summed E-state index contributed by atoms with van der Waals surface area (Å²) in [5, 5.41) is 2.98. The number of allylic oxidation sites excluding steroid dienone is 2. The molecule has 21 heavy (non-hydrogen) atoms. The number of hydrogen-bond acceptors (Lipinski definition) is 3. The minimum atomic E-state index is -0.123. The molecule has 1 aliphatic heterocycles. The van der Waals surface area contributed by atoms with Crippen molar-refractivity contribution >= 4 is 17.8 Å². The van der Waals surface area contributed by atoms with E-state index in [4.69, 9.17) is 5.73 Å². The Hall–Kier alpha value is -1.85. The number of guanidine groups is 1. The molecule has 6 nitrogen and oxygen atoms in total. The van der Waals surface area contributed by atoms with Crippen molar-refractivity contribution in [1.29, 1.82) is 0 Å². The van der Waals surface area contributed by atoms with Gasteiger partial charge in [0.2, 0.25) is 11.8 Å². The predicted molar refractivity (Wildman–Crippen MR) is 79.2 cm³/mol. The molecule has 0 aromatic carbocycles. The van der Waals surface area contributed by atoms with E-state index in [0.29, 0.717) is 19.0 Å². The lowest BCUT2D eigenvalue weighted by Gasteiger charge is -2.16. The second kappa shape index (κ2) is 5.16. The Kier molecular flexibility index (Phi) is 3.47. The average molecular weight is 290 g/mol. The van der Waals surface area contributed by atoms with E-state index in [9.17, 15) is 9.59 Å². The van der Waals surface area contributed by atoms with E-state index >= 15 is 0 Å². The molecule has 2 fully saturated rings. The zero-order valence-corrected chi connectivity index (χ0v) is 12.5. The molecule has 4 unspecified atom stereocenters. The molecule has 0 radical (unpaired) electrons. The number of aliphatic imine (C=N–C) groups is 1. The number of nitrogens with zero attached hydrogens (tertiary/aromatic N) is 2. The maximum Gasteiger partial charge on any atom is 0.233 e. The van der Waals surface area contributed by atoms with E-state index < -0.39 is 0 Å². The van der Waals surface area contributed by atoms with Crippen LogP contribution < -0.4 is 11.1 Å². The highest BCUT2D eigenvalue weighted by molar-refractivity contribution is 6.06. The molecule has 0 aromatic rings. The van der Waals surface area contributed by atoms with Crippen LogP contribution in [0.15, 0.2) is 17.1 Å². The van der Waals surface area contributed by atoms with Gasteiger partial charge >= 0.3 is 0 Å². The standard InChI is InChI=1S/C15H22N4O2/c1-8(2)18-15(16)17-5-6-19-13(20)11-9-3-4-10(7-9)12(11)14(19)21/h3-4,8-12H,5-7H2,1-2H3,(H3,16,17,18). The van der Waals surface area contributed by atoms with E-state index in [1.807, 2.05) is 13.8 Å². The molecule has 6 heteroatoms. The molecule has 1 saturated carbocycles. The highest BCUT2D eigenvalue weighted by atomic mass is 16.2. The average Bonchev–Trinajstić information content (AvgIpc) is 3.06. The predicted octanol–water partition coefficient (Wildman–Crippen LogP) is 0.106. The second-order valence-electron chi connectivity index (χ2n) is 6.39. The first-order valence-corrected chi connectivity index (χ1v) is 7.59. The number of amides is 2. The van der Waals surface area contributed by atoms with Gasteiger partial charge in [0, 0.05) is 12.6 Å². The first kappa shape index (κ1) is 14.1. The van der Waals surface area contributed by atoms with Crippen molar-refractivity contribution in [2.24, 2.45) is 34.4 Å². The van der Waals surface area contributed by atoms with Gasteiger partial charge < -0.3 is 11.1 Å². The smallest absolute Gasteiger partial charge is 0.233 e. The fraction of sp³-hybridized carbons (Fsp3) is 0.667. The van der Waals surface area contributed by atoms with Gasteiger partial charge in [0.25, 0.3) is 0 Å². The Morgan fingerprint density at radius 1 is 1.33 bits per heavy atom. The summed E-state index contributed by atoms with van der Waals surface area (Å²) >= 11 is 0. The molecule has 3 N–H and O–H groups in total. The first-order valence-electron chi connectivity index (χ1n) is 7.59. The Bertz CT molecular complexity index is 496. The molecule has 2 aliphatic carbocycles. The number of likely N-dealkylation sites (tertiary alicyclic amines) is 1. The van der Waals surface area contributed by atoms with Gasteiger partial charge in [-0.15, -0.1) is 0 Å². The summed E-state index contributed by atoms with van der Waals surface area (Å²) in [6, 6.07) is 0.213. The van der Waals surface area contributed by atoms with Crippen molar-refractivity contribution in [2.45, 2.75) is 26.3 Å². The Morgan fingerprint density at radius 2 is 1.90 bits per heavy atom. The lowest BCUT2D eigenvalue weighted by molar-refractivity contribution is -0.140. The number of nitrogens with two attached hydrogens (primary N) is 1. The van der Waals surface area contributed by atoms with Crippen LogP contribution in [0.3, 0.4) is 0 Å². The molecule has 2 amide bonds. The van der Waals surface area contributed by atoms with E-state index in [0.717, 1.165) is 6.42 Å². The topological polar surface area (TPSA) is 87.8 Å². The third-order valence-corrected chi connectivity index (χ3v) is 4.60. The maximum absolute atomic E-state index is 12.4. The summed E-state index contributed by atoms with van der Waals surface area (Å²) in [6.45, 7) is 4.62. The third kappa shape index (κ3) is 2.32. The zero-order valence-electron chi connectivity index (χ0n) is 12.5. The van der Waals surface area contributed by atoms with Crippen LogP contribution in [-0.4, -0.2) is 41.8 Å². The SMILES string of the molecule is CC(C)NC(N)=NCCN1C(=O)C2C3C=CC(C3)C2C1=O. The zero-order chi connectivity index (χ0) is 15.1. The van der Waals surface area contributed by atoms with Gasteiger partial charge in [0.05, 0.1) is 18.4 Å². The molecular formula is C15H22N4O2. The summed E-state index contributed by atoms with van der Waals surface area (Å²) < 4.78 is 0. The van der Waals surface area contributed by atoms with Crippen LogP contribution in [0.1, 0.15) is 20.3 Å². The van der Waals surface area contributed by atoms with Gasteiger partial charge in [0.1, 0.15) is 0 Å². The van der Waals surface area contributed by atoms with E-state index in [1.54, 1.807) is 0 Å². The van der Waals surface area contributed by atoms with Gasteiger partial charge in [-0.05, 0) is 32.1 Å². The highest BCUT2D eigenvalue weighted by Gasteiger charge is 2.58. The molecule has 0 aromatic heterocycles. The molecule has 1 heterocycles. The van der Waals surface area contributed by atoms with Crippen LogP contribution in [-0.2, 0) is 9.59 Å². The monoisotopic (exact) mass is 290 g/mol. The molecule has 1 saturated heterocycles. The third-order valence-electron chi connectivity index (χ3n) is 4.60. The maximum atomic E-state index is 12.4. The minimum Gasteiger partial charge on any atom is -0.370 e. The minimum absolute atomic E-state index is 0.0209. The number of hydrogen-bond donors (Lipinski definition) is 2. The number of fused-ring (bicyclic) bond motifs is 5. The van der Waals surface area contributed by atoms with Gasteiger partial charge in [-0.25, -0.2) is 0 Å². The molecule has 114 valence electrons. The molecular weight excluding hydrogens is 268 g/mol. The Labute approximate surface area is 124 Å².